The van der Waals surface area contributed by atoms with Gasteiger partial charge in [0.25, 0.3) is 0 Å². The van der Waals surface area contributed by atoms with Crippen molar-refractivity contribution in [3.8, 4) is 11.5 Å². The molecule has 1 rings (SSSR count). The zero-order valence-electron chi connectivity index (χ0n) is 10.4. The molecule has 1 aromatic carbocycles. The zero-order valence-corrected chi connectivity index (χ0v) is 11.1. The molecule has 0 saturated carbocycles. The highest BCUT2D eigenvalue weighted by molar-refractivity contribution is 6.32. The van der Waals surface area contributed by atoms with Gasteiger partial charge >= 0.3 is 0 Å². The molecule has 0 aliphatic heterocycles. The lowest BCUT2D eigenvalue weighted by Crippen LogP contribution is -2.15. The third-order valence-corrected chi connectivity index (χ3v) is 2.45. The number of halogens is 1. The molecule has 18 heavy (non-hydrogen) atoms. The molecule has 0 aliphatic carbocycles. The van der Waals surface area contributed by atoms with E-state index in [0.717, 1.165) is 0 Å². The van der Waals surface area contributed by atoms with Gasteiger partial charge in [0.15, 0.2) is 11.5 Å². The lowest BCUT2D eigenvalue weighted by atomic mass is 10.2. The second kappa shape index (κ2) is 6.26. The number of ether oxygens (including phenoxy) is 2. The summed E-state index contributed by atoms with van der Waals surface area (Å²) in [6.45, 7) is 1.35. The monoisotopic (exact) mass is 271 g/mol. The van der Waals surface area contributed by atoms with E-state index in [2.05, 4.69) is 5.32 Å². The maximum Gasteiger partial charge on any atom is 0.231 e. The van der Waals surface area contributed by atoms with Crippen molar-refractivity contribution in [2.75, 3.05) is 19.5 Å². The first-order valence-electron chi connectivity index (χ1n) is 5.19. The van der Waals surface area contributed by atoms with E-state index in [1.54, 1.807) is 12.1 Å². The molecule has 0 aliphatic rings. The van der Waals surface area contributed by atoms with Crippen molar-refractivity contribution in [1.29, 1.82) is 0 Å². The van der Waals surface area contributed by atoms with Gasteiger partial charge in [0, 0.05) is 0 Å². The lowest BCUT2D eigenvalue weighted by Gasteiger charge is -2.14. The van der Waals surface area contributed by atoms with Gasteiger partial charge in [0.2, 0.25) is 5.91 Å². The van der Waals surface area contributed by atoms with Crippen molar-refractivity contribution in [3.63, 3.8) is 0 Å². The highest BCUT2D eigenvalue weighted by Crippen LogP contribution is 2.40. The molecular formula is C12H14ClNO4. The van der Waals surface area contributed by atoms with Crippen LogP contribution >= 0.6 is 11.6 Å². The smallest absolute Gasteiger partial charge is 0.231 e. The van der Waals surface area contributed by atoms with Crippen LogP contribution in [-0.4, -0.2) is 25.9 Å². The second-order valence-corrected chi connectivity index (χ2v) is 4.00. The molecular weight excluding hydrogens is 258 g/mol. The second-order valence-electron chi connectivity index (χ2n) is 3.59. The molecule has 0 aromatic heterocycles. The number of Topliss-reactive ketones (excluding diaryl/α,β-unsaturated/α-hetero) is 1. The Morgan fingerprint density at radius 2 is 1.83 bits per heavy atom. The fraction of sp³-hybridized carbons (Fsp3) is 0.333. The average molecular weight is 272 g/mol. The standard InChI is InChI=1S/C12H14ClNO4/c1-7(15)6-10(16)14-9-5-4-8(13)11(17-2)12(9)18-3/h4-5H,6H2,1-3H3,(H,14,16). The molecule has 0 bridgehead atoms. The number of carbonyl (C=O) groups excluding carboxylic acids is 2. The number of amides is 1. The minimum atomic E-state index is -0.412. The molecule has 0 unspecified atom stereocenters. The largest absolute Gasteiger partial charge is 0.491 e. The van der Waals surface area contributed by atoms with Gasteiger partial charge in [-0.25, -0.2) is 0 Å². The number of benzene rings is 1. The number of carbonyl (C=O) groups is 2. The van der Waals surface area contributed by atoms with E-state index >= 15 is 0 Å². The molecule has 0 heterocycles. The van der Waals surface area contributed by atoms with Crippen LogP contribution in [-0.2, 0) is 9.59 Å². The Hall–Kier alpha value is -1.75. The van der Waals surface area contributed by atoms with E-state index in [-0.39, 0.29) is 12.2 Å². The molecule has 0 atom stereocenters. The number of hydrogen-bond donors (Lipinski definition) is 1. The van der Waals surface area contributed by atoms with Gasteiger partial charge in [-0.05, 0) is 19.1 Å². The maximum atomic E-state index is 11.5. The number of hydrogen-bond acceptors (Lipinski definition) is 4. The Morgan fingerprint density at radius 3 is 2.33 bits per heavy atom. The van der Waals surface area contributed by atoms with Crippen molar-refractivity contribution in [1.82, 2.24) is 0 Å². The van der Waals surface area contributed by atoms with E-state index in [4.69, 9.17) is 21.1 Å². The summed E-state index contributed by atoms with van der Waals surface area (Å²) in [7, 11) is 2.89. The SMILES string of the molecule is COc1c(Cl)ccc(NC(=O)CC(C)=O)c1OC. The fourth-order valence-electron chi connectivity index (χ4n) is 1.45. The highest BCUT2D eigenvalue weighted by Gasteiger charge is 2.16. The lowest BCUT2D eigenvalue weighted by molar-refractivity contribution is -0.124. The predicted octanol–water partition coefficient (Wildman–Crippen LogP) is 2.27. The predicted molar refractivity (Wildman–Crippen MR) is 68.5 cm³/mol. The van der Waals surface area contributed by atoms with E-state index < -0.39 is 5.91 Å². The quantitative estimate of drug-likeness (QED) is 0.835. The van der Waals surface area contributed by atoms with E-state index in [1.807, 2.05) is 0 Å². The van der Waals surface area contributed by atoms with Crippen molar-refractivity contribution < 1.29 is 19.1 Å². The minimum Gasteiger partial charge on any atom is -0.491 e. The van der Waals surface area contributed by atoms with E-state index in [1.165, 1.54) is 21.1 Å². The van der Waals surface area contributed by atoms with Crippen molar-refractivity contribution in [2.24, 2.45) is 0 Å². The van der Waals surface area contributed by atoms with Gasteiger partial charge < -0.3 is 14.8 Å². The zero-order chi connectivity index (χ0) is 13.7. The summed E-state index contributed by atoms with van der Waals surface area (Å²) in [6.07, 6.45) is -0.186. The summed E-state index contributed by atoms with van der Waals surface area (Å²) >= 11 is 5.93. The van der Waals surface area contributed by atoms with Crippen LogP contribution in [0, 0.1) is 0 Å². The summed E-state index contributed by atoms with van der Waals surface area (Å²) in [5.41, 5.74) is 0.407. The molecule has 0 spiro atoms. The fourth-order valence-corrected chi connectivity index (χ4v) is 1.68. The molecule has 1 N–H and O–H groups in total. The summed E-state index contributed by atoms with van der Waals surface area (Å²) in [4.78, 5) is 22.4. The summed E-state index contributed by atoms with van der Waals surface area (Å²) < 4.78 is 10.2. The van der Waals surface area contributed by atoms with Crippen molar-refractivity contribution in [3.05, 3.63) is 17.2 Å². The first-order valence-corrected chi connectivity index (χ1v) is 5.57. The Balaban J connectivity index is 3.02. The maximum absolute atomic E-state index is 11.5. The molecule has 6 heteroatoms. The number of anilines is 1. The molecule has 1 aromatic rings. The van der Waals surface area contributed by atoms with Crippen LogP contribution < -0.4 is 14.8 Å². The highest BCUT2D eigenvalue weighted by atomic mass is 35.5. The Morgan fingerprint density at radius 1 is 1.22 bits per heavy atom. The summed E-state index contributed by atoms with van der Waals surface area (Å²) in [5.74, 6) is 0.0271. The third kappa shape index (κ3) is 3.37. The normalized spacial score (nSPS) is 9.78. The molecule has 5 nitrogen and oxygen atoms in total. The topological polar surface area (TPSA) is 64.6 Å². The van der Waals surface area contributed by atoms with Crippen LogP contribution in [0.2, 0.25) is 5.02 Å². The van der Waals surface area contributed by atoms with Crippen LogP contribution in [0.4, 0.5) is 5.69 Å². The van der Waals surface area contributed by atoms with Gasteiger partial charge in [-0.1, -0.05) is 11.6 Å². The van der Waals surface area contributed by atoms with Crippen molar-refractivity contribution in [2.45, 2.75) is 13.3 Å². The van der Waals surface area contributed by atoms with Gasteiger partial charge in [-0.15, -0.1) is 0 Å². The molecule has 0 fully saturated rings. The number of rotatable bonds is 5. The van der Waals surface area contributed by atoms with Crippen LogP contribution in [0.5, 0.6) is 11.5 Å². The third-order valence-electron chi connectivity index (χ3n) is 2.16. The Kier molecular flexibility index (Phi) is 4.97. The van der Waals surface area contributed by atoms with Gasteiger partial charge in [-0.3, -0.25) is 9.59 Å². The van der Waals surface area contributed by atoms with Gasteiger partial charge in [0.1, 0.15) is 5.78 Å². The van der Waals surface area contributed by atoms with E-state index in [9.17, 15) is 9.59 Å². The molecule has 98 valence electrons. The number of nitrogens with one attached hydrogen (secondary N) is 1. The first kappa shape index (κ1) is 14.3. The Bertz CT molecular complexity index is 473. The number of methoxy groups -OCH3 is 2. The molecule has 1 amide bonds. The first-order chi connectivity index (χ1) is 8.49. The van der Waals surface area contributed by atoms with Crippen LogP contribution in [0.25, 0.3) is 0 Å². The van der Waals surface area contributed by atoms with Gasteiger partial charge in [-0.2, -0.15) is 0 Å². The molecule has 0 saturated heterocycles. The van der Waals surface area contributed by atoms with Crippen LogP contribution in [0.15, 0.2) is 12.1 Å². The van der Waals surface area contributed by atoms with E-state index in [0.29, 0.717) is 22.2 Å². The minimum absolute atomic E-state index is 0.186. The van der Waals surface area contributed by atoms with Crippen molar-refractivity contribution >= 4 is 29.0 Å². The average Bonchev–Trinajstić information content (AvgIpc) is 2.29. The van der Waals surface area contributed by atoms with Crippen LogP contribution in [0.1, 0.15) is 13.3 Å². The van der Waals surface area contributed by atoms with Gasteiger partial charge in [0.05, 0.1) is 31.4 Å². The van der Waals surface area contributed by atoms with Crippen LogP contribution in [0.3, 0.4) is 0 Å². The molecule has 0 radical (unpaired) electrons. The number of ketones is 1. The Labute approximate surface area is 110 Å². The summed E-state index contributed by atoms with van der Waals surface area (Å²) in [5, 5.41) is 2.95. The summed E-state index contributed by atoms with van der Waals surface area (Å²) in [6, 6.07) is 3.16.